The van der Waals surface area contributed by atoms with Crippen LogP contribution in [0.3, 0.4) is 0 Å². The Morgan fingerprint density at radius 2 is 0.683 bits per heavy atom. The van der Waals surface area contributed by atoms with Crippen LogP contribution >= 0.6 is 0 Å². The first-order valence-electron chi connectivity index (χ1n) is 24.1. The highest BCUT2D eigenvalue weighted by Crippen LogP contribution is 2.50. The molecule has 60 heavy (non-hydrogen) atoms. The predicted octanol–water partition coefficient (Wildman–Crippen LogP) is 11.6. The monoisotopic (exact) mass is 835 g/mol. The maximum atomic E-state index is 15.4. The van der Waals surface area contributed by atoms with E-state index in [0.29, 0.717) is 54.1 Å². The highest BCUT2D eigenvalue weighted by Gasteiger charge is 2.54. The minimum absolute atomic E-state index is 0.0620. The van der Waals surface area contributed by atoms with E-state index in [2.05, 4.69) is 140 Å². The Hall–Kier alpha value is -2.49. The molecule has 0 spiro atoms. The van der Waals surface area contributed by atoms with Gasteiger partial charge in [-0.05, 0) is 132 Å². The third kappa shape index (κ3) is 8.98. The Kier molecular flexibility index (Phi) is 15.6. The zero-order valence-corrected chi connectivity index (χ0v) is 42.0. The molecule has 4 rings (SSSR count). The molecular weight excluding hydrogens is 745 g/mol. The highest BCUT2D eigenvalue weighted by atomic mass is 16.2. The van der Waals surface area contributed by atoms with Gasteiger partial charge in [0.2, 0.25) is 0 Å². The molecule has 9 heteroatoms. The van der Waals surface area contributed by atoms with E-state index in [1.165, 1.54) is 0 Å². The van der Waals surface area contributed by atoms with Crippen molar-refractivity contribution < 1.29 is 14.4 Å². The van der Waals surface area contributed by atoms with Crippen molar-refractivity contribution in [3.63, 3.8) is 0 Å². The van der Waals surface area contributed by atoms with Gasteiger partial charge in [-0.15, -0.1) is 0 Å². The van der Waals surface area contributed by atoms with Crippen molar-refractivity contribution in [1.82, 2.24) is 30.1 Å². The molecule has 0 radical (unpaired) electrons. The van der Waals surface area contributed by atoms with E-state index >= 15 is 14.4 Å². The first kappa shape index (κ1) is 50.2. The second-order valence-electron chi connectivity index (χ2n) is 22.4. The van der Waals surface area contributed by atoms with Crippen LogP contribution in [0.25, 0.3) is 0 Å². The number of carbonyl (C=O) groups is 3. The molecular formula is C51H90N6O3. The lowest BCUT2D eigenvalue weighted by Crippen LogP contribution is -2.67. The van der Waals surface area contributed by atoms with Crippen LogP contribution < -0.4 is 0 Å². The van der Waals surface area contributed by atoms with Crippen LogP contribution in [0.4, 0.5) is 0 Å². The zero-order chi connectivity index (χ0) is 45.4. The van der Waals surface area contributed by atoms with Crippen LogP contribution in [0.1, 0.15) is 213 Å². The molecule has 0 bridgehead atoms. The van der Waals surface area contributed by atoms with Crippen LogP contribution in [0.5, 0.6) is 0 Å². The lowest BCUT2D eigenvalue weighted by atomic mass is 9.63. The molecule has 3 fully saturated rings. The molecule has 3 atom stereocenters. The van der Waals surface area contributed by atoms with Gasteiger partial charge < -0.3 is 0 Å². The van der Waals surface area contributed by atoms with Gasteiger partial charge in [0.1, 0.15) is 0 Å². The number of rotatable bonds is 15. The zero-order valence-electron chi connectivity index (χ0n) is 42.0. The fourth-order valence-electron chi connectivity index (χ4n) is 10.3. The summed E-state index contributed by atoms with van der Waals surface area (Å²) in [4.78, 5) is 46.3. The van der Waals surface area contributed by atoms with E-state index in [4.69, 9.17) is 0 Å². The second-order valence-corrected chi connectivity index (χ2v) is 22.4. The van der Waals surface area contributed by atoms with Gasteiger partial charge in [-0.1, -0.05) is 102 Å². The van der Waals surface area contributed by atoms with Gasteiger partial charge >= 0.3 is 0 Å². The number of benzene rings is 1. The van der Waals surface area contributed by atoms with Crippen molar-refractivity contribution in [2.45, 2.75) is 199 Å². The first-order chi connectivity index (χ1) is 27.7. The van der Waals surface area contributed by atoms with Crippen LogP contribution in [0, 0.1) is 34.0 Å². The van der Waals surface area contributed by atoms with Gasteiger partial charge in [0, 0.05) is 72.6 Å². The minimum atomic E-state index is -0.318. The number of carbonyl (C=O) groups excluding carboxylic acids is 3. The molecule has 0 saturated carbocycles. The van der Waals surface area contributed by atoms with Crippen molar-refractivity contribution in [3.05, 3.63) is 34.9 Å². The molecule has 0 aliphatic carbocycles. The van der Waals surface area contributed by atoms with Gasteiger partial charge in [0.05, 0.1) is 0 Å². The van der Waals surface area contributed by atoms with Crippen LogP contribution in [-0.2, 0) is 0 Å². The minimum Gasteiger partial charge on any atom is -0.271 e. The molecule has 1 aromatic carbocycles. The number of piperidine rings is 3. The molecule has 3 aliphatic rings. The van der Waals surface area contributed by atoms with Crippen LogP contribution in [0.2, 0.25) is 0 Å². The van der Waals surface area contributed by atoms with Gasteiger partial charge in [-0.3, -0.25) is 29.4 Å². The van der Waals surface area contributed by atoms with Crippen LogP contribution in [-0.4, -0.2) is 104 Å². The van der Waals surface area contributed by atoms with Crippen molar-refractivity contribution in [2.24, 2.45) is 34.0 Å². The number of hydrazine groups is 3. The normalized spacial score (nSPS) is 26.0. The maximum absolute atomic E-state index is 15.4. The maximum Gasteiger partial charge on any atom is 0.268 e. The standard InChI is InChI=1S/C51H90N6O3/c1-19-22-28-52(55-31-25-37(4)46(7,8)49(55,13)14)43(58)40-34-41(44(59)53(29-23-20-2)56-32-26-38(5)47(9,10)50(56,15)16)36-42(35-40)45(60)54(30-24-21-3)57-33-27-39(6)48(11,12)51(57,17)18/h34-39H,19-33H2,1-18H3. The highest BCUT2D eigenvalue weighted by molar-refractivity contribution is 6.04. The van der Waals surface area contributed by atoms with Crippen LogP contribution in [0.15, 0.2) is 18.2 Å². The van der Waals surface area contributed by atoms with Gasteiger partial charge in [0.25, 0.3) is 17.7 Å². The van der Waals surface area contributed by atoms with Crippen molar-refractivity contribution in [3.8, 4) is 0 Å². The molecule has 3 amide bonds. The summed E-state index contributed by atoms with van der Waals surface area (Å²) in [7, 11) is 0. The lowest BCUT2D eigenvalue weighted by molar-refractivity contribution is -0.161. The molecule has 342 valence electrons. The van der Waals surface area contributed by atoms with Gasteiger partial charge in [0.15, 0.2) is 0 Å². The fourth-order valence-corrected chi connectivity index (χ4v) is 10.3. The average molecular weight is 835 g/mol. The summed E-state index contributed by atoms with van der Waals surface area (Å²) in [6, 6.07) is 5.42. The van der Waals surface area contributed by atoms with E-state index < -0.39 is 0 Å². The number of amides is 3. The van der Waals surface area contributed by atoms with Crippen molar-refractivity contribution >= 4 is 17.7 Å². The smallest absolute Gasteiger partial charge is 0.268 e. The molecule has 9 nitrogen and oxygen atoms in total. The van der Waals surface area contributed by atoms with E-state index in [9.17, 15) is 0 Å². The Balaban J connectivity index is 1.96. The topological polar surface area (TPSA) is 70.6 Å². The van der Waals surface area contributed by atoms with E-state index in [-0.39, 0.29) is 50.6 Å². The third-order valence-electron chi connectivity index (χ3n) is 18.1. The second kappa shape index (κ2) is 18.7. The molecule has 3 aliphatic heterocycles. The molecule has 1 aromatic rings. The fraction of sp³-hybridized carbons (Fsp3) is 0.824. The van der Waals surface area contributed by atoms with Crippen molar-refractivity contribution in [2.75, 3.05) is 39.3 Å². The summed E-state index contributed by atoms with van der Waals surface area (Å²) in [6.07, 6.45) is 8.33. The number of unbranched alkanes of at least 4 members (excludes halogenated alkanes) is 3. The number of hydrogen-bond acceptors (Lipinski definition) is 6. The summed E-state index contributed by atoms with van der Waals surface area (Å²) in [5.74, 6) is 1.02. The summed E-state index contributed by atoms with van der Waals surface area (Å²) in [6.45, 7) is 45.1. The lowest BCUT2D eigenvalue weighted by Gasteiger charge is -2.59. The third-order valence-corrected chi connectivity index (χ3v) is 18.1. The quantitative estimate of drug-likeness (QED) is 0.175. The van der Waals surface area contributed by atoms with Crippen molar-refractivity contribution in [1.29, 1.82) is 0 Å². The summed E-state index contributed by atoms with van der Waals surface area (Å²) < 4.78 is 0. The Labute approximate surface area is 368 Å². The predicted molar refractivity (Wildman–Crippen MR) is 249 cm³/mol. The summed E-state index contributed by atoms with van der Waals surface area (Å²) in [5.41, 5.74) is 0.0609. The Bertz CT molecular complexity index is 1460. The molecule has 3 unspecified atom stereocenters. The largest absolute Gasteiger partial charge is 0.271 e. The number of nitrogens with zero attached hydrogens (tertiary/aromatic N) is 6. The Morgan fingerprint density at radius 1 is 0.467 bits per heavy atom. The first-order valence-corrected chi connectivity index (χ1v) is 24.1. The summed E-state index contributed by atoms with van der Waals surface area (Å²) in [5, 5.41) is 12.8. The molecule has 0 N–H and O–H groups in total. The molecule has 3 heterocycles. The SMILES string of the molecule is CCCCN(C(=O)c1cc(C(=O)N(CCCC)N2CCC(C)C(C)(C)C2(C)C)cc(C(=O)N(CCCC)N2CCC(C)C(C)(C)C2(C)C)c1)N1CCC(C)C(C)(C)C1(C)C. The Morgan fingerprint density at radius 3 is 0.883 bits per heavy atom. The molecule has 3 saturated heterocycles. The summed E-state index contributed by atoms with van der Waals surface area (Å²) >= 11 is 0. The average Bonchev–Trinajstić information content (AvgIpc) is 3.18. The van der Waals surface area contributed by atoms with Gasteiger partial charge in [-0.25, -0.2) is 15.0 Å². The molecule has 0 aromatic heterocycles. The van der Waals surface area contributed by atoms with E-state index in [1.54, 1.807) is 18.2 Å². The van der Waals surface area contributed by atoms with E-state index in [1.807, 2.05) is 15.0 Å². The number of hydrogen-bond donors (Lipinski definition) is 0. The van der Waals surface area contributed by atoms with E-state index in [0.717, 1.165) is 77.4 Å². The van der Waals surface area contributed by atoms with Gasteiger partial charge in [-0.2, -0.15) is 0 Å².